The third kappa shape index (κ3) is 3.74. The van der Waals surface area contributed by atoms with E-state index in [0.717, 1.165) is 26.2 Å². The Kier molecular flexibility index (Phi) is 5.44. The lowest BCUT2D eigenvalue weighted by Gasteiger charge is -2.30. The molecule has 20 heavy (non-hydrogen) atoms. The third-order valence-corrected chi connectivity index (χ3v) is 4.08. The van der Waals surface area contributed by atoms with Crippen LogP contribution in [0.1, 0.15) is 32.8 Å². The highest BCUT2D eigenvalue weighted by Gasteiger charge is 2.24. The van der Waals surface area contributed by atoms with Crippen LogP contribution in [0.4, 0.5) is 5.69 Å². The molecule has 0 unspecified atom stereocenters. The standard InChI is InChI=1S/C17H28N2O/c1-5-16-13-18(4)17-9-7-6-8-15(17)12-19(16)10-11-20-14(2)3/h6-9,14,16H,5,10-13H2,1-4H3/t16-/m1/s1. The minimum Gasteiger partial charge on any atom is -0.377 e. The molecule has 1 aliphatic rings. The molecule has 0 aliphatic carbocycles. The fourth-order valence-electron chi connectivity index (χ4n) is 2.95. The van der Waals surface area contributed by atoms with E-state index in [4.69, 9.17) is 4.74 Å². The minimum atomic E-state index is 0.317. The molecule has 0 bridgehead atoms. The molecule has 2 rings (SSSR count). The summed E-state index contributed by atoms with van der Waals surface area (Å²) in [7, 11) is 2.20. The number of nitrogens with zero attached hydrogens (tertiary/aromatic N) is 2. The van der Waals surface area contributed by atoms with Gasteiger partial charge in [0.15, 0.2) is 0 Å². The zero-order chi connectivity index (χ0) is 14.5. The highest BCUT2D eigenvalue weighted by atomic mass is 16.5. The molecule has 1 aromatic carbocycles. The normalized spacial score (nSPS) is 20.1. The van der Waals surface area contributed by atoms with Gasteiger partial charge in [-0.2, -0.15) is 0 Å². The van der Waals surface area contributed by atoms with Crippen LogP contribution < -0.4 is 4.90 Å². The maximum Gasteiger partial charge on any atom is 0.0597 e. The Hall–Kier alpha value is -1.06. The zero-order valence-electron chi connectivity index (χ0n) is 13.3. The lowest BCUT2D eigenvalue weighted by Crippen LogP contribution is -2.41. The third-order valence-electron chi connectivity index (χ3n) is 4.08. The Labute approximate surface area is 123 Å². The van der Waals surface area contributed by atoms with Gasteiger partial charge in [-0.25, -0.2) is 0 Å². The van der Waals surface area contributed by atoms with Gasteiger partial charge in [-0.15, -0.1) is 0 Å². The van der Waals surface area contributed by atoms with Crippen molar-refractivity contribution in [1.29, 1.82) is 0 Å². The Bertz CT molecular complexity index is 419. The SMILES string of the molecule is CC[C@@H]1CN(C)c2ccccc2CN1CCOC(C)C. The molecule has 0 saturated heterocycles. The fraction of sp³-hybridized carbons (Fsp3) is 0.647. The van der Waals surface area contributed by atoms with E-state index in [1.54, 1.807) is 0 Å². The van der Waals surface area contributed by atoms with E-state index in [1.807, 2.05) is 0 Å². The van der Waals surface area contributed by atoms with Crippen molar-refractivity contribution < 1.29 is 4.74 Å². The van der Waals surface area contributed by atoms with E-state index in [0.29, 0.717) is 12.1 Å². The van der Waals surface area contributed by atoms with Crippen LogP contribution in [0.15, 0.2) is 24.3 Å². The topological polar surface area (TPSA) is 15.7 Å². The maximum absolute atomic E-state index is 5.74. The first-order valence-corrected chi connectivity index (χ1v) is 7.76. The number of likely N-dealkylation sites (N-methyl/N-ethyl adjacent to an activating group) is 1. The van der Waals surface area contributed by atoms with E-state index in [1.165, 1.54) is 17.7 Å². The number of fused-ring (bicyclic) bond motifs is 1. The van der Waals surface area contributed by atoms with Crippen molar-refractivity contribution in [3.63, 3.8) is 0 Å². The van der Waals surface area contributed by atoms with Crippen molar-refractivity contribution in [2.24, 2.45) is 0 Å². The molecule has 0 amide bonds. The minimum absolute atomic E-state index is 0.317. The van der Waals surface area contributed by atoms with Gasteiger partial charge in [-0.05, 0) is 31.9 Å². The molecule has 3 nitrogen and oxygen atoms in total. The number of benzene rings is 1. The van der Waals surface area contributed by atoms with Crippen molar-refractivity contribution in [1.82, 2.24) is 4.90 Å². The molecule has 0 saturated carbocycles. The van der Waals surface area contributed by atoms with E-state index in [-0.39, 0.29) is 0 Å². The van der Waals surface area contributed by atoms with Crippen LogP contribution in [0.25, 0.3) is 0 Å². The largest absolute Gasteiger partial charge is 0.377 e. The van der Waals surface area contributed by atoms with E-state index >= 15 is 0 Å². The van der Waals surface area contributed by atoms with Gasteiger partial charge >= 0.3 is 0 Å². The summed E-state index contributed by atoms with van der Waals surface area (Å²) in [4.78, 5) is 4.97. The summed E-state index contributed by atoms with van der Waals surface area (Å²) in [5, 5.41) is 0. The number of anilines is 1. The number of rotatable bonds is 5. The molecule has 0 aromatic heterocycles. The molecule has 1 aliphatic heterocycles. The van der Waals surface area contributed by atoms with E-state index < -0.39 is 0 Å². The van der Waals surface area contributed by atoms with Crippen molar-refractivity contribution in [3.8, 4) is 0 Å². The van der Waals surface area contributed by atoms with Gasteiger partial charge < -0.3 is 9.64 Å². The van der Waals surface area contributed by atoms with Crippen LogP contribution in [-0.4, -0.2) is 43.8 Å². The Balaban J connectivity index is 2.10. The van der Waals surface area contributed by atoms with Crippen molar-refractivity contribution in [3.05, 3.63) is 29.8 Å². The number of hydrogen-bond acceptors (Lipinski definition) is 3. The average molecular weight is 276 g/mol. The molecule has 1 aromatic rings. The average Bonchev–Trinajstić information content (AvgIpc) is 2.56. The van der Waals surface area contributed by atoms with Gasteiger partial charge in [0.2, 0.25) is 0 Å². The summed E-state index contributed by atoms with van der Waals surface area (Å²) >= 11 is 0. The van der Waals surface area contributed by atoms with Gasteiger partial charge in [0.1, 0.15) is 0 Å². The van der Waals surface area contributed by atoms with Crippen molar-refractivity contribution in [2.75, 3.05) is 31.6 Å². The molecule has 0 fully saturated rings. The van der Waals surface area contributed by atoms with Crippen LogP contribution in [0.5, 0.6) is 0 Å². The lowest BCUT2D eigenvalue weighted by molar-refractivity contribution is 0.0473. The predicted octanol–water partition coefficient (Wildman–Crippen LogP) is 3.14. The summed E-state index contributed by atoms with van der Waals surface area (Å²) in [5.41, 5.74) is 2.80. The Morgan fingerprint density at radius 1 is 1.30 bits per heavy atom. The summed E-state index contributed by atoms with van der Waals surface area (Å²) in [5.74, 6) is 0. The van der Waals surface area contributed by atoms with Crippen molar-refractivity contribution in [2.45, 2.75) is 45.9 Å². The summed E-state index contributed by atoms with van der Waals surface area (Å²) in [6.45, 7) is 10.4. The van der Waals surface area contributed by atoms with Crippen LogP contribution in [0, 0.1) is 0 Å². The quantitative estimate of drug-likeness (QED) is 0.821. The molecule has 3 heteroatoms. The molecule has 112 valence electrons. The zero-order valence-corrected chi connectivity index (χ0v) is 13.3. The van der Waals surface area contributed by atoms with Crippen LogP contribution in [0.2, 0.25) is 0 Å². The fourth-order valence-corrected chi connectivity index (χ4v) is 2.95. The molecule has 0 spiro atoms. The summed E-state index contributed by atoms with van der Waals surface area (Å²) < 4.78 is 5.74. The second-order valence-corrected chi connectivity index (χ2v) is 5.96. The number of ether oxygens (including phenoxy) is 1. The highest BCUT2D eigenvalue weighted by molar-refractivity contribution is 5.53. The van der Waals surface area contributed by atoms with Gasteiger partial charge in [-0.1, -0.05) is 25.1 Å². The first kappa shape index (κ1) is 15.3. The van der Waals surface area contributed by atoms with Gasteiger partial charge in [-0.3, -0.25) is 4.90 Å². The van der Waals surface area contributed by atoms with Gasteiger partial charge in [0.05, 0.1) is 12.7 Å². The Morgan fingerprint density at radius 2 is 2.05 bits per heavy atom. The number of hydrogen-bond donors (Lipinski definition) is 0. The monoisotopic (exact) mass is 276 g/mol. The summed E-state index contributed by atoms with van der Waals surface area (Å²) in [6, 6.07) is 9.36. The first-order chi connectivity index (χ1) is 9.61. The summed E-state index contributed by atoms with van der Waals surface area (Å²) in [6.07, 6.45) is 1.50. The van der Waals surface area contributed by atoms with Crippen LogP contribution >= 0.6 is 0 Å². The highest BCUT2D eigenvalue weighted by Crippen LogP contribution is 2.26. The van der Waals surface area contributed by atoms with E-state index in [2.05, 4.69) is 61.9 Å². The maximum atomic E-state index is 5.74. The van der Waals surface area contributed by atoms with E-state index in [9.17, 15) is 0 Å². The molecule has 0 radical (unpaired) electrons. The van der Waals surface area contributed by atoms with Gasteiger partial charge in [0, 0.05) is 38.4 Å². The molecular weight excluding hydrogens is 248 g/mol. The Morgan fingerprint density at radius 3 is 2.75 bits per heavy atom. The van der Waals surface area contributed by atoms with Gasteiger partial charge in [0.25, 0.3) is 0 Å². The molecule has 0 N–H and O–H groups in total. The molecule has 1 heterocycles. The molecular formula is C17H28N2O. The smallest absolute Gasteiger partial charge is 0.0597 e. The first-order valence-electron chi connectivity index (χ1n) is 7.76. The van der Waals surface area contributed by atoms with Crippen molar-refractivity contribution >= 4 is 5.69 Å². The molecule has 1 atom stereocenters. The number of para-hydroxylation sites is 1. The second-order valence-electron chi connectivity index (χ2n) is 5.96. The predicted molar refractivity (Wildman–Crippen MR) is 85.3 cm³/mol. The van der Waals surface area contributed by atoms with Crippen LogP contribution in [-0.2, 0) is 11.3 Å². The lowest BCUT2D eigenvalue weighted by atomic mass is 10.1. The van der Waals surface area contributed by atoms with Crippen LogP contribution in [0.3, 0.4) is 0 Å². The second kappa shape index (κ2) is 7.09.